The van der Waals surface area contributed by atoms with Gasteiger partial charge >= 0.3 is 0 Å². The zero-order valence-corrected chi connectivity index (χ0v) is 13.1. The minimum absolute atomic E-state index is 0.0161. The first-order chi connectivity index (χ1) is 9.27. The van der Waals surface area contributed by atoms with Crippen LogP contribution in [0.3, 0.4) is 0 Å². The monoisotopic (exact) mass is 273 g/mol. The number of nitrogens with zero attached hydrogens (tertiary/aromatic N) is 2. The molecule has 1 rings (SSSR count). The van der Waals surface area contributed by atoms with Crippen molar-refractivity contribution in [2.75, 3.05) is 0 Å². The summed E-state index contributed by atoms with van der Waals surface area (Å²) in [6.07, 6.45) is 1.67. The van der Waals surface area contributed by atoms with Crippen LogP contribution < -0.4 is 5.32 Å². The van der Waals surface area contributed by atoms with Gasteiger partial charge in [-0.05, 0) is 59.2 Å². The highest BCUT2D eigenvalue weighted by Crippen LogP contribution is 2.22. The minimum Gasteiger partial charge on any atom is -0.349 e. The average Bonchev–Trinajstić information content (AvgIpc) is 2.59. The van der Waals surface area contributed by atoms with Gasteiger partial charge in [-0.1, -0.05) is 0 Å². The van der Waals surface area contributed by atoms with Crippen molar-refractivity contribution < 1.29 is 4.79 Å². The highest BCUT2D eigenvalue weighted by atomic mass is 16.1. The summed E-state index contributed by atoms with van der Waals surface area (Å²) in [4.78, 5) is 11.9. The summed E-state index contributed by atoms with van der Waals surface area (Å²) >= 11 is 0. The Balaban J connectivity index is 3.18. The Labute approximate surface area is 121 Å². The zero-order valence-electron chi connectivity index (χ0n) is 13.1. The maximum Gasteiger partial charge on any atom is 0.262 e. The molecule has 0 bridgehead atoms. The summed E-state index contributed by atoms with van der Waals surface area (Å²) < 4.78 is 2.20. The van der Waals surface area contributed by atoms with Crippen molar-refractivity contribution in [3.8, 4) is 6.07 Å². The molecule has 1 N–H and O–H groups in total. The summed E-state index contributed by atoms with van der Waals surface area (Å²) in [5, 5.41) is 11.9. The van der Waals surface area contributed by atoms with E-state index in [1.165, 1.54) is 0 Å². The fraction of sp³-hybridized carbons (Fsp3) is 0.500. The Hall–Kier alpha value is -2.02. The van der Waals surface area contributed by atoms with Gasteiger partial charge in [-0.15, -0.1) is 0 Å². The molecular weight excluding hydrogens is 250 g/mol. The molecule has 4 heteroatoms. The van der Waals surface area contributed by atoms with Crippen molar-refractivity contribution in [1.29, 1.82) is 5.26 Å². The molecule has 0 aromatic carbocycles. The normalized spacial score (nSPS) is 11.8. The van der Waals surface area contributed by atoms with Crippen LogP contribution in [-0.4, -0.2) is 16.5 Å². The Morgan fingerprint density at radius 1 is 1.35 bits per heavy atom. The van der Waals surface area contributed by atoms with Crippen molar-refractivity contribution in [3.63, 3.8) is 0 Å². The van der Waals surface area contributed by atoms with Crippen molar-refractivity contribution in [1.82, 2.24) is 9.88 Å². The quantitative estimate of drug-likeness (QED) is 0.677. The van der Waals surface area contributed by atoms with Crippen molar-refractivity contribution in [2.45, 2.75) is 53.6 Å². The molecule has 0 aliphatic heterocycles. The molecular formula is C16H23N3O. The van der Waals surface area contributed by atoms with Gasteiger partial charge in [0.2, 0.25) is 0 Å². The Kier molecular flexibility index (Phi) is 5.15. The summed E-state index contributed by atoms with van der Waals surface area (Å²) in [5.74, 6) is -0.322. The molecule has 0 spiro atoms. The van der Waals surface area contributed by atoms with E-state index in [-0.39, 0.29) is 17.5 Å². The molecule has 0 aliphatic rings. The number of carbonyl (C=O) groups excluding carboxylic acids is 1. The first kappa shape index (κ1) is 16.0. The van der Waals surface area contributed by atoms with Crippen LogP contribution in [0.25, 0.3) is 6.08 Å². The lowest BCUT2D eigenvalue weighted by molar-refractivity contribution is -0.117. The van der Waals surface area contributed by atoms with Gasteiger partial charge in [0, 0.05) is 23.5 Å². The van der Waals surface area contributed by atoms with E-state index in [1.54, 1.807) is 6.08 Å². The van der Waals surface area contributed by atoms with E-state index in [9.17, 15) is 4.79 Å². The lowest BCUT2D eigenvalue weighted by Gasteiger charge is -2.13. The van der Waals surface area contributed by atoms with Gasteiger partial charge in [-0.25, -0.2) is 0 Å². The van der Waals surface area contributed by atoms with Crippen LogP contribution in [0.4, 0.5) is 0 Å². The molecule has 4 nitrogen and oxygen atoms in total. The highest BCUT2D eigenvalue weighted by molar-refractivity contribution is 6.01. The Bertz CT molecular complexity index is 571. The summed E-state index contributed by atoms with van der Waals surface area (Å²) in [6, 6.07) is 4.36. The molecule has 0 fully saturated rings. The first-order valence-corrected chi connectivity index (χ1v) is 6.89. The maximum absolute atomic E-state index is 11.9. The van der Waals surface area contributed by atoms with E-state index in [2.05, 4.69) is 23.7 Å². The van der Waals surface area contributed by atoms with Crippen LogP contribution in [0, 0.1) is 25.2 Å². The SMILES string of the molecule is Cc1cc(/C=C(\C#N)C(=O)NC(C)C)c(C)n1C(C)C. The second-order valence-corrected chi connectivity index (χ2v) is 5.59. The van der Waals surface area contributed by atoms with Crippen LogP contribution in [0.1, 0.15) is 50.7 Å². The predicted octanol–water partition coefficient (Wildman–Crippen LogP) is 3.12. The fourth-order valence-corrected chi connectivity index (χ4v) is 2.39. The number of rotatable bonds is 4. The Morgan fingerprint density at radius 3 is 2.35 bits per heavy atom. The lowest BCUT2D eigenvalue weighted by Crippen LogP contribution is -2.30. The number of amides is 1. The van der Waals surface area contributed by atoms with Crippen LogP contribution in [0.5, 0.6) is 0 Å². The van der Waals surface area contributed by atoms with E-state index in [4.69, 9.17) is 5.26 Å². The zero-order chi connectivity index (χ0) is 15.4. The number of aromatic nitrogens is 1. The number of nitriles is 1. The van der Waals surface area contributed by atoms with E-state index in [0.717, 1.165) is 17.0 Å². The molecule has 0 radical (unpaired) electrons. The number of hydrogen-bond donors (Lipinski definition) is 1. The second-order valence-electron chi connectivity index (χ2n) is 5.59. The van der Waals surface area contributed by atoms with Gasteiger partial charge in [0.1, 0.15) is 11.6 Å². The largest absolute Gasteiger partial charge is 0.349 e. The lowest BCUT2D eigenvalue weighted by atomic mass is 10.1. The van der Waals surface area contributed by atoms with E-state index in [0.29, 0.717) is 6.04 Å². The van der Waals surface area contributed by atoms with Gasteiger partial charge in [-0.2, -0.15) is 5.26 Å². The standard InChI is InChI=1S/C16H23N3O/c1-10(2)18-16(20)15(9-17)8-14-7-12(5)19(11(3)4)13(14)6/h7-8,10-11H,1-6H3,(H,18,20)/b15-8+. The maximum atomic E-state index is 11.9. The molecule has 0 atom stereocenters. The molecule has 108 valence electrons. The number of nitrogens with one attached hydrogen (secondary N) is 1. The van der Waals surface area contributed by atoms with Crippen LogP contribution in [0.2, 0.25) is 0 Å². The molecule has 1 heterocycles. The van der Waals surface area contributed by atoms with Gasteiger partial charge in [0.25, 0.3) is 5.91 Å². The van der Waals surface area contributed by atoms with Crippen LogP contribution in [0.15, 0.2) is 11.6 Å². The van der Waals surface area contributed by atoms with Crippen molar-refractivity contribution >= 4 is 12.0 Å². The third kappa shape index (κ3) is 3.51. The molecule has 20 heavy (non-hydrogen) atoms. The smallest absolute Gasteiger partial charge is 0.262 e. The number of hydrogen-bond acceptors (Lipinski definition) is 2. The fourth-order valence-electron chi connectivity index (χ4n) is 2.39. The van der Waals surface area contributed by atoms with Crippen LogP contribution in [-0.2, 0) is 4.79 Å². The number of aryl methyl sites for hydroxylation is 1. The topological polar surface area (TPSA) is 57.8 Å². The molecule has 0 saturated heterocycles. The van der Waals surface area contributed by atoms with Gasteiger partial charge in [0.05, 0.1) is 0 Å². The molecule has 0 aliphatic carbocycles. The third-order valence-corrected chi connectivity index (χ3v) is 3.12. The third-order valence-electron chi connectivity index (χ3n) is 3.12. The molecule has 0 unspecified atom stereocenters. The molecule has 1 aromatic heterocycles. The van der Waals surface area contributed by atoms with Crippen molar-refractivity contribution in [3.05, 3.63) is 28.6 Å². The summed E-state index contributed by atoms with van der Waals surface area (Å²) in [7, 11) is 0. The summed E-state index contributed by atoms with van der Waals surface area (Å²) in [5.41, 5.74) is 3.27. The predicted molar refractivity (Wildman–Crippen MR) is 81.2 cm³/mol. The minimum atomic E-state index is -0.322. The highest BCUT2D eigenvalue weighted by Gasteiger charge is 2.14. The number of carbonyl (C=O) groups is 1. The summed E-state index contributed by atoms with van der Waals surface area (Å²) in [6.45, 7) is 12.0. The van der Waals surface area contributed by atoms with E-state index in [1.807, 2.05) is 39.8 Å². The second kappa shape index (κ2) is 6.42. The molecule has 1 aromatic rings. The first-order valence-electron chi connectivity index (χ1n) is 6.89. The van der Waals surface area contributed by atoms with E-state index >= 15 is 0 Å². The van der Waals surface area contributed by atoms with Crippen molar-refractivity contribution in [2.24, 2.45) is 0 Å². The van der Waals surface area contributed by atoms with Gasteiger partial charge < -0.3 is 9.88 Å². The molecule has 1 amide bonds. The van der Waals surface area contributed by atoms with Gasteiger partial charge in [0.15, 0.2) is 0 Å². The average molecular weight is 273 g/mol. The molecule has 0 saturated carbocycles. The Morgan fingerprint density at radius 2 is 1.95 bits per heavy atom. The van der Waals surface area contributed by atoms with Gasteiger partial charge in [-0.3, -0.25) is 4.79 Å². The van der Waals surface area contributed by atoms with Crippen LogP contribution >= 0.6 is 0 Å². The van der Waals surface area contributed by atoms with E-state index < -0.39 is 0 Å².